The second kappa shape index (κ2) is 10.2. The van der Waals surface area contributed by atoms with Crippen LogP contribution in [-0.2, 0) is 35.1 Å². The van der Waals surface area contributed by atoms with Crippen molar-refractivity contribution in [3.8, 4) is 0 Å². The van der Waals surface area contributed by atoms with Crippen molar-refractivity contribution in [3.63, 3.8) is 0 Å². The number of nitrogens with zero attached hydrogens (tertiary/aromatic N) is 1. The number of Topliss-reactive ketones (excluding diaryl/α,β-unsaturated/α-hetero) is 1. The van der Waals surface area contributed by atoms with Gasteiger partial charge in [-0.2, -0.15) is 0 Å². The first-order valence-corrected chi connectivity index (χ1v) is 13.8. The topological polar surface area (TPSA) is 110 Å². The van der Waals surface area contributed by atoms with Gasteiger partial charge in [-0.05, 0) is 22.6 Å². The minimum absolute atomic E-state index is 0.0767. The third-order valence-electron chi connectivity index (χ3n) is 6.23. The second-order valence-corrected chi connectivity index (χ2v) is 11.3. The molecule has 1 N–H and O–H groups in total. The van der Waals surface area contributed by atoms with Crippen LogP contribution in [0.3, 0.4) is 0 Å². The molecule has 1 aromatic heterocycles. The van der Waals surface area contributed by atoms with E-state index in [-0.39, 0.29) is 6.42 Å². The molecule has 10 heteroatoms. The fraction of sp³-hybridized carbons (Fsp3) is 0.185. The highest BCUT2D eigenvalue weighted by atomic mass is 32.2. The molecule has 2 aromatic carbocycles. The van der Waals surface area contributed by atoms with Crippen molar-refractivity contribution in [2.75, 3.05) is 0 Å². The lowest BCUT2D eigenvalue weighted by atomic mass is 9.98. The number of hydrogen-bond acceptors (Lipinski definition) is 7. The Balaban J connectivity index is 1.38. The Kier molecular flexibility index (Phi) is 6.86. The highest BCUT2D eigenvalue weighted by molar-refractivity contribution is 8.29. The van der Waals surface area contributed by atoms with Crippen molar-refractivity contribution in [3.05, 3.63) is 94.2 Å². The van der Waals surface area contributed by atoms with Gasteiger partial charge in [-0.1, -0.05) is 83.1 Å². The zero-order valence-electron chi connectivity index (χ0n) is 19.4. The minimum Gasteiger partial charge on any atom is -0.451 e. The van der Waals surface area contributed by atoms with Crippen LogP contribution in [0.15, 0.2) is 78.2 Å². The summed E-state index contributed by atoms with van der Waals surface area (Å²) in [5, 5.41) is 2.75. The van der Waals surface area contributed by atoms with E-state index in [9.17, 15) is 24.0 Å². The molecule has 0 saturated carbocycles. The van der Waals surface area contributed by atoms with Gasteiger partial charge in [0.2, 0.25) is 17.6 Å². The predicted molar refractivity (Wildman–Crippen MR) is 140 cm³/mol. The number of hydrogen-bond donors (Lipinski definition) is 1. The first-order chi connectivity index (χ1) is 17.9. The van der Waals surface area contributed by atoms with Gasteiger partial charge in [0.1, 0.15) is 11.4 Å². The number of rotatable bonds is 7. The maximum atomic E-state index is 13.4. The van der Waals surface area contributed by atoms with Crippen LogP contribution in [0.5, 0.6) is 0 Å². The lowest BCUT2D eigenvalue weighted by molar-refractivity contribution is -0.171. The van der Waals surface area contributed by atoms with E-state index in [2.05, 4.69) is 11.2 Å². The smallest absolute Gasteiger partial charge is 0.338 e. The van der Waals surface area contributed by atoms with Gasteiger partial charge in [0, 0.05) is 4.88 Å². The average Bonchev–Trinajstić information content (AvgIpc) is 3.43. The largest absolute Gasteiger partial charge is 0.451 e. The maximum absolute atomic E-state index is 13.4. The van der Waals surface area contributed by atoms with Gasteiger partial charge in [-0.3, -0.25) is 19.2 Å². The first-order valence-electron chi connectivity index (χ1n) is 11.4. The molecule has 3 heterocycles. The summed E-state index contributed by atoms with van der Waals surface area (Å²) in [7, 11) is -1.43. The number of fused-ring (bicyclic) bond motifs is 1. The van der Waals surface area contributed by atoms with Crippen molar-refractivity contribution in [1.29, 1.82) is 0 Å². The number of ketones is 1. The van der Waals surface area contributed by atoms with E-state index in [0.29, 0.717) is 11.1 Å². The standard InChI is InChI=1S/C27H22N2O6S2/c1-37-25-20(28-19(30)15-18-13-8-14-36-18)24(32)29(25)21(22(31)27(37)34)26(33)35-23(16-9-4-2-5-10-16)17-11-6-3-7-12-17/h2-14,20-21,23,25H,1,15H2,(H,28,30)/t20?,21?,25-,37?/m1/s1. The molecule has 2 saturated heterocycles. The molecule has 2 aliphatic heterocycles. The zero-order valence-corrected chi connectivity index (χ0v) is 21.1. The van der Waals surface area contributed by atoms with Crippen LogP contribution in [0.2, 0.25) is 0 Å². The van der Waals surface area contributed by atoms with Crippen LogP contribution in [0.4, 0.5) is 0 Å². The van der Waals surface area contributed by atoms with Gasteiger partial charge in [0.15, 0.2) is 12.1 Å². The van der Waals surface area contributed by atoms with Crippen LogP contribution in [-0.4, -0.2) is 56.9 Å². The number of benzene rings is 2. The van der Waals surface area contributed by atoms with Crippen molar-refractivity contribution >= 4 is 56.4 Å². The maximum Gasteiger partial charge on any atom is 0.338 e. The summed E-state index contributed by atoms with van der Waals surface area (Å²) in [5.74, 6) is 0.740. The Bertz CT molecular complexity index is 1350. The summed E-state index contributed by atoms with van der Waals surface area (Å²) in [4.78, 5) is 66.6. The summed E-state index contributed by atoms with van der Waals surface area (Å²) >= 11 is 1.41. The Hall–Kier alpha value is -3.89. The summed E-state index contributed by atoms with van der Waals surface area (Å²) < 4.78 is 5.79. The van der Waals surface area contributed by atoms with Crippen LogP contribution in [0, 0.1) is 0 Å². The van der Waals surface area contributed by atoms with Crippen LogP contribution < -0.4 is 5.32 Å². The van der Waals surface area contributed by atoms with Gasteiger partial charge < -0.3 is 15.0 Å². The number of carbonyl (C=O) groups excluding carboxylic acids is 5. The quantitative estimate of drug-likeness (QED) is 0.164. The van der Waals surface area contributed by atoms with Crippen LogP contribution in [0.25, 0.3) is 0 Å². The molecule has 2 fully saturated rings. The number of thiophene rings is 1. The Morgan fingerprint density at radius 3 is 2.16 bits per heavy atom. The monoisotopic (exact) mass is 534 g/mol. The third-order valence-corrected chi connectivity index (χ3v) is 8.87. The van der Waals surface area contributed by atoms with E-state index in [1.165, 1.54) is 11.3 Å². The summed E-state index contributed by atoms with van der Waals surface area (Å²) in [6.45, 7) is 0. The molecule has 37 heavy (non-hydrogen) atoms. The molecular formula is C27H22N2O6S2. The van der Waals surface area contributed by atoms with Crippen LogP contribution in [0.1, 0.15) is 22.1 Å². The van der Waals surface area contributed by atoms with E-state index < -0.39 is 62.7 Å². The molecule has 3 aromatic rings. The molecule has 188 valence electrons. The SMILES string of the molecule is C=S1C(=O)C(=O)C(C(=O)OC(c2ccccc2)c2ccccc2)N2C(=O)C(NC(=O)Cc3cccs3)[C@H]21. The summed E-state index contributed by atoms with van der Waals surface area (Å²) in [6.07, 6.45) is -0.776. The molecule has 2 aliphatic rings. The third kappa shape index (κ3) is 4.65. The average molecular weight is 535 g/mol. The van der Waals surface area contributed by atoms with E-state index in [0.717, 1.165) is 9.78 Å². The molecule has 5 rings (SSSR count). The molecule has 0 aliphatic carbocycles. The molecule has 0 radical (unpaired) electrons. The van der Waals surface area contributed by atoms with Crippen molar-refractivity contribution < 1.29 is 28.7 Å². The van der Waals surface area contributed by atoms with Crippen molar-refractivity contribution in [1.82, 2.24) is 10.2 Å². The Morgan fingerprint density at radius 2 is 1.59 bits per heavy atom. The molecular weight excluding hydrogens is 512 g/mol. The van der Waals surface area contributed by atoms with E-state index in [4.69, 9.17) is 4.74 Å². The number of β-lactam (4-membered cyclic amide) rings is 1. The first kappa shape index (κ1) is 24.8. The van der Waals surface area contributed by atoms with E-state index >= 15 is 0 Å². The number of ether oxygens (including phenoxy) is 1. The number of nitrogens with one attached hydrogen (secondary N) is 1. The molecule has 3 unspecified atom stereocenters. The van der Waals surface area contributed by atoms with Crippen molar-refractivity contribution in [2.24, 2.45) is 0 Å². The van der Waals surface area contributed by atoms with Gasteiger partial charge in [-0.25, -0.2) is 4.79 Å². The number of esters is 1. The van der Waals surface area contributed by atoms with Gasteiger partial charge >= 0.3 is 5.97 Å². The fourth-order valence-corrected chi connectivity index (χ4v) is 6.76. The Morgan fingerprint density at radius 1 is 0.973 bits per heavy atom. The van der Waals surface area contributed by atoms with Crippen LogP contribution >= 0.6 is 21.8 Å². The second-order valence-electron chi connectivity index (χ2n) is 8.56. The lowest BCUT2D eigenvalue weighted by Gasteiger charge is -2.52. The molecule has 0 bridgehead atoms. The fourth-order valence-electron chi connectivity index (χ4n) is 4.45. The normalized spacial score (nSPS) is 22.8. The van der Waals surface area contributed by atoms with Crippen molar-refractivity contribution in [2.45, 2.75) is 30.0 Å². The highest BCUT2D eigenvalue weighted by Gasteiger charge is 2.62. The molecule has 8 nitrogen and oxygen atoms in total. The molecule has 0 spiro atoms. The van der Waals surface area contributed by atoms with E-state index in [1.807, 2.05) is 23.6 Å². The summed E-state index contributed by atoms with van der Waals surface area (Å²) in [6, 6.07) is 18.8. The van der Waals surface area contributed by atoms with E-state index in [1.54, 1.807) is 54.6 Å². The Labute approximate surface area is 219 Å². The van der Waals surface area contributed by atoms with Gasteiger partial charge in [0.05, 0.1) is 6.42 Å². The molecule has 4 atom stereocenters. The van der Waals surface area contributed by atoms with Gasteiger partial charge in [-0.15, -0.1) is 11.3 Å². The van der Waals surface area contributed by atoms with Gasteiger partial charge in [0.25, 0.3) is 5.12 Å². The zero-order chi connectivity index (χ0) is 26.1. The summed E-state index contributed by atoms with van der Waals surface area (Å²) in [5.41, 5.74) is 1.33. The number of amides is 2. The highest BCUT2D eigenvalue weighted by Crippen LogP contribution is 2.42. The minimum atomic E-state index is -1.73. The lowest BCUT2D eigenvalue weighted by Crippen LogP contribution is -2.77. The molecule has 2 amide bonds. The number of carbonyl (C=O) groups is 5. The predicted octanol–water partition coefficient (Wildman–Crippen LogP) is 2.46.